The van der Waals surface area contributed by atoms with Gasteiger partial charge in [0.25, 0.3) is 0 Å². The number of nitrogens with one attached hydrogen (secondary N) is 1. The zero-order valence-electron chi connectivity index (χ0n) is 6.63. The standard InChI is InChI=1S/C7H13N3O/c1-3-4-9-7(8)10-5-6-11-2/h1H,4-6H2,2H3,(H3,8,9,10). The number of nitrogens with two attached hydrogens (primary N) is 1. The molecule has 0 atom stereocenters. The van der Waals surface area contributed by atoms with Gasteiger partial charge >= 0.3 is 0 Å². The minimum atomic E-state index is 0.361. The highest BCUT2D eigenvalue weighted by molar-refractivity contribution is 5.77. The molecule has 0 saturated heterocycles. The largest absolute Gasteiger partial charge is 0.383 e. The molecule has 0 bridgehead atoms. The first kappa shape index (κ1) is 9.79. The Morgan fingerprint density at radius 2 is 2.55 bits per heavy atom. The van der Waals surface area contributed by atoms with Gasteiger partial charge in [0.1, 0.15) is 0 Å². The van der Waals surface area contributed by atoms with E-state index in [0.717, 1.165) is 0 Å². The van der Waals surface area contributed by atoms with Crippen LogP contribution in [0.3, 0.4) is 0 Å². The first-order chi connectivity index (χ1) is 5.31. The van der Waals surface area contributed by atoms with Crippen LogP contribution in [0.25, 0.3) is 0 Å². The lowest BCUT2D eigenvalue weighted by Gasteiger charge is -1.99. The first-order valence-corrected chi connectivity index (χ1v) is 3.27. The summed E-state index contributed by atoms with van der Waals surface area (Å²) in [6.45, 7) is 1.53. The van der Waals surface area contributed by atoms with Crippen LogP contribution in [0.2, 0.25) is 0 Å². The molecule has 0 saturated carbocycles. The van der Waals surface area contributed by atoms with E-state index in [1.165, 1.54) is 0 Å². The lowest BCUT2D eigenvalue weighted by atomic mass is 10.6. The lowest BCUT2D eigenvalue weighted by molar-refractivity contribution is 0.208. The number of methoxy groups -OCH3 is 1. The van der Waals surface area contributed by atoms with Crippen molar-refractivity contribution in [3.63, 3.8) is 0 Å². The third kappa shape index (κ3) is 6.68. The minimum Gasteiger partial charge on any atom is -0.383 e. The Hall–Kier alpha value is -1.21. The van der Waals surface area contributed by atoms with Gasteiger partial charge in [-0.2, -0.15) is 0 Å². The van der Waals surface area contributed by atoms with Gasteiger partial charge in [0.05, 0.1) is 19.7 Å². The Balaban J connectivity index is 3.39. The molecule has 0 aliphatic rings. The quantitative estimate of drug-likeness (QED) is 0.241. The number of rotatable bonds is 4. The Bertz CT molecular complexity index is 160. The van der Waals surface area contributed by atoms with E-state index in [4.69, 9.17) is 16.9 Å². The topological polar surface area (TPSA) is 59.6 Å². The van der Waals surface area contributed by atoms with Crippen molar-refractivity contribution >= 4 is 5.96 Å². The molecule has 0 radical (unpaired) electrons. The average molecular weight is 155 g/mol. The predicted octanol–water partition coefficient (Wildman–Crippen LogP) is -0.830. The van der Waals surface area contributed by atoms with Crippen LogP contribution < -0.4 is 11.1 Å². The van der Waals surface area contributed by atoms with E-state index in [1.807, 2.05) is 0 Å². The van der Waals surface area contributed by atoms with Crippen LogP contribution in [0.4, 0.5) is 0 Å². The number of hydrogen-bond donors (Lipinski definition) is 2. The minimum absolute atomic E-state index is 0.361. The van der Waals surface area contributed by atoms with E-state index in [2.05, 4.69) is 16.2 Å². The van der Waals surface area contributed by atoms with Crippen LogP contribution in [0.1, 0.15) is 0 Å². The Morgan fingerprint density at radius 1 is 1.82 bits per heavy atom. The molecule has 0 aromatic rings. The summed E-state index contributed by atoms with van der Waals surface area (Å²) in [5.41, 5.74) is 5.39. The maximum Gasteiger partial charge on any atom is 0.189 e. The van der Waals surface area contributed by atoms with Crippen molar-refractivity contribution < 1.29 is 4.74 Å². The van der Waals surface area contributed by atoms with Crippen molar-refractivity contribution in [3.8, 4) is 12.3 Å². The summed E-state index contributed by atoms with van der Waals surface area (Å²) in [7, 11) is 1.61. The van der Waals surface area contributed by atoms with Crippen LogP contribution in [0, 0.1) is 12.3 Å². The molecule has 4 nitrogen and oxygen atoms in total. The van der Waals surface area contributed by atoms with E-state index in [1.54, 1.807) is 7.11 Å². The van der Waals surface area contributed by atoms with E-state index >= 15 is 0 Å². The molecule has 0 aromatic heterocycles. The Labute approximate surface area is 66.8 Å². The second-order valence-corrected chi connectivity index (χ2v) is 1.82. The van der Waals surface area contributed by atoms with Gasteiger partial charge in [-0.05, 0) is 0 Å². The number of terminal acetylenes is 1. The SMILES string of the molecule is C#CCNC(N)=NCCOC. The van der Waals surface area contributed by atoms with Gasteiger partial charge in [-0.25, -0.2) is 0 Å². The molecule has 0 amide bonds. The van der Waals surface area contributed by atoms with Crippen molar-refractivity contribution in [2.75, 3.05) is 26.8 Å². The molecule has 0 heterocycles. The van der Waals surface area contributed by atoms with Gasteiger partial charge in [0.15, 0.2) is 5.96 Å². The fourth-order valence-corrected chi connectivity index (χ4v) is 0.455. The number of hydrogen-bond acceptors (Lipinski definition) is 2. The fourth-order valence-electron chi connectivity index (χ4n) is 0.455. The maximum atomic E-state index is 5.39. The molecule has 0 aliphatic heterocycles. The Morgan fingerprint density at radius 3 is 3.09 bits per heavy atom. The molecule has 0 fully saturated rings. The highest BCUT2D eigenvalue weighted by Gasteiger charge is 1.86. The van der Waals surface area contributed by atoms with Crippen LogP contribution >= 0.6 is 0 Å². The number of nitrogens with zero attached hydrogens (tertiary/aromatic N) is 1. The molecule has 0 rings (SSSR count). The van der Waals surface area contributed by atoms with Gasteiger partial charge in [-0.3, -0.25) is 4.99 Å². The smallest absolute Gasteiger partial charge is 0.189 e. The van der Waals surface area contributed by atoms with E-state index in [9.17, 15) is 0 Å². The predicted molar refractivity (Wildman–Crippen MR) is 45.2 cm³/mol. The average Bonchev–Trinajstić information content (AvgIpc) is 2.01. The highest BCUT2D eigenvalue weighted by atomic mass is 16.5. The van der Waals surface area contributed by atoms with Gasteiger partial charge in [-0.15, -0.1) is 6.42 Å². The molecule has 0 aliphatic carbocycles. The normalized spacial score (nSPS) is 10.7. The molecule has 0 unspecified atom stereocenters. The van der Waals surface area contributed by atoms with Crippen LogP contribution in [0.5, 0.6) is 0 Å². The van der Waals surface area contributed by atoms with Gasteiger partial charge < -0.3 is 15.8 Å². The first-order valence-electron chi connectivity index (χ1n) is 3.27. The maximum absolute atomic E-state index is 5.39. The summed E-state index contributed by atoms with van der Waals surface area (Å²) in [5.74, 6) is 2.75. The van der Waals surface area contributed by atoms with Crippen LogP contribution in [-0.2, 0) is 4.74 Å². The van der Waals surface area contributed by atoms with Crippen molar-refractivity contribution in [1.29, 1.82) is 0 Å². The van der Waals surface area contributed by atoms with Gasteiger partial charge in [0.2, 0.25) is 0 Å². The van der Waals surface area contributed by atoms with Crippen molar-refractivity contribution in [2.24, 2.45) is 10.7 Å². The second kappa shape index (κ2) is 6.90. The number of ether oxygens (including phenoxy) is 1. The van der Waals surface area contributed by atoms with Gasteiger partial charge in [0, 0.05) is 7.11 Å². The molecule has 4 heteroatoms. The summed E-state index contributed by atoms with van der Waals surface area (Å²) < 4.78 is 4.77. The summed E-state index contributed by atoms with van der Waals surface area (Å²) in [6, 6.07) is 0. The van der Waals surface area contributed by atoms with E-state index < -0.39 is 0 Å². The Kier molecular flexibility index (Phi) is 6.14. The highest BCUT2D eigenvalue weighted by Crippen LogP contribution is 1.70. The summed E-state index contributed by atoms with van der Waals surface area (Å²) in [4.78, 5) is 3.91. The molecule has 62 valence electrons. The zero-order chi connectivity index (χ0) is 8.53. The van der Waals surface area contributed by atoms with Crippen molar-refractivity contribution in [3.05, 3.63) is 0 Å². The molecule has 0 spiro atoms. The second-order valence-electron chi connectivity index (χ2n) is 1.82. The molecule has 0 aromatic carbocycles. The summed E-state index contributed by atoms with van der Waals surface area (Å²) >= 11 is 0. The third-order valence-corrected chi connectivity index (χ3v) is 0.949. The van der Waals surface area contributed by atoms with E-state index in [-0.39, 0.29) is 0 Å². The molecule has 3 N–H and O–H groups in total. The van der Waals surface area contributed by atoms with E-state index in [0.29, 0.717) is 25.7 Å². The summed E-state index contributed by atoms with van der Waals surface area (Å²) in [6.07, 6.45) is 4.98. The summed E-state index contributed by atoms with van der Waals surface area (Å²) in [5, 5.41) is 2.73. The van der Waals surface area contributed by atoms with Crippen LogP contribution in [-0.4, -0.2) is 32.8 Å². The lowest BCUT2D eigenvalue weighted by Crippen LogP contribution is -2.32. The zero-order valence-corrected chi connectivity index (χ0v) is 6.63. The number of aliphatic imine (C=N–C) groups is 1. The molecular weight excluding hydrogens is 142 g/mol. The van der Waals surface area contributed by atoms with Crippen molar-refractivity contribution in [1.82, 2.24) is 5.32 Å². The number of guanidine groups is 1. The van der Waals surface area contributed by atoms with Gasteiger partial charge in [-0.1, -0.05) is 5.92 Å². The van der Waals surface area contributed by atoms with Crippen LogP contribution in [0.15, 0.2) is 4.99 Å². The fraction of sp³-hybridized carbons (Fsp3) is 0.571. The third-order valence-electron chi connectivity index (χ3n) is 0.949. The van der Waals surface area contributed by atoms with Crippen molar-refractivity contribution in [2.45, 2.75) is 0 Å². The molecule has 11 heavy (non-hydrogen) atoms. The monoisotopic (exact) mass is 155 g/mol. The molecular formula is C7H13N3O.